The average molecular weight is 740 g/mol. The Kier molecular flexibility index (Phi) is 9.51. The highest BCUT2D eigenvalue weighted by Crippen LogP contribution is 2.47. The molecule has 0 bridgehead atoms. The number of anilines is 1. The van der Waals surface area contributed by atoms with Crippen LogP contribution in [0.15, 0.2) is 54.6 Å². The lowest BCUT2D eigenvalue weighted by Gasteiger charge is -2.30. The zero-order valence-corrected chi connectivity index (χ0v) is 29.7. The van der Waals surface area contributed by atoms with Crippen molar-refractivity contribution in [1.82, 2.24) is 19.8 Å². The molecule has 52 heavy (non-hydrogen) atoms. The Morgan fingerprint density at radius 3 is 2.52 bits per heavy atom. The van der Waals surface area contributed by atoms with E-state index in [4.69, 9.17) is 4.74 Å². The van der Waals surface area contributed by atoms with Gasteiger partial charge in [0, 0.05) is 24.4 Å². The van der Waals surface area contributed by atoms with Crippen LogP contribution in [-0.4, -0.2) is 77.1 Å². The van der Waals surface area contributed by atoms with Crippen molar-refractivity contribution in [2.24, 2.45) is 5.92 Å². The second-order valence-corrected chi connectivity index (χ2v) is 17.1. The minimum atomic E-state index is -4.01. The molecule has 2 aromatic carbocycles. The van der Waals surface area contributed by atoms with Gasteiger partial charge in [-0.05, 0) is 69.2 Å². The van der Waals surface area contributed by atoms with E-state index in [1.165, 1.54) is 34.1 Å². The molecule has 3 N–H and O–H groups in total. The van der Waals surface area contributed by atoms with Crippen LogP contribution >= 0.6 is 0 Å². The van der Waals surface area contributed by atoms with Crippen LogP contribution in [0.5, 0.6) is 0 Å². The van der Waals surface area contributed by atoms with Crippen molar-refractivity contribution >= 4 is 39.5 Å². The molecule has 0 aromatic heterocycles. The van der Waals surface area contributed by atoms with Gasteiger partial charge in [0.25, 0.3) is 5.91 Å². The van der Waals surface area contributed by atoms with Gasteiger partial charge in [0.1, 0.15) is 35.4 Å². The van der Waals surface area contributed by atoms with Gasteiger partial charge in [-0.1, -0.05) is 49.3 Å². The van der Waals surface area contributed by atoms with E-state index < -0.39 is 79.9 Å². The largest absolute Gasteiger partial charge is 0.444 e. The lowest BCUT2D eigenvalue weighted by atomic mass is 10.0. The van der Waals surface area contributed by atoms with Crippen LogP contribution < -0.4 is 15.4 Å². The number of nitrogens with one attached hydrogen (secondary N) is 3. The number of benzene rings is 2. The van der Waals surface area contributed by atoms with Crippen LogP contribution in [0.2, 0.25) is 0 Å². The molecule has 3 fully saturated rings. The number of halogens is 2. The van der Waals surface area contributed by atoms with Gasteiger partial charge in [0.05, 0.1) is 23.5 Å². The fourth-order valence-electron chi connectivity index (χ4n) is 7.44. The van der Waals surface area contributed by atoms with Crippen molar-refractivity contribution in [1.29, 1.82) is 0 Å². The summed E-state index contributed by atoms with van der Waals surface area (Å²) in [5.41, 5.74) is -0.398. The molecule has 278 valence electrons. The summed E-state index contributed by atoms with van der Waals surface area (Å²) in [6.45, 7) is 1.53. The molecule has 15 heteroatoms. The molecule has 1 saturated heterocycles. The molecule has 0 unspecified atom stereocenters. The normalized spacial score (nSPS) is 29.0. The number of para-hydroxylation sites is 1. The van der Waals surface area contributed by atoms with Crippen molar-refractivity contribution in [3.05, 3.63) is 77.4 Å². The number of carbonyl (C=O) groups excluding carboxylic acids is 4. The van der Waals surface area contributed by atoms with E-state index in [1.54, 1.807) is 25.1 Å². The predicted octanol–water partition coefficient (Wildman–Crippen LogP) is 4.26. The first-order chi connectivity index (χ1) is 24.8. The Labute approximate surface area is 301 Å². The van der Waals surface area contributed by atoms with Crippen molar-refractivity contribution in [2.45, 2.75) is 106 Å². The molecule has 7 rings (SSSR count). The SMILES string of the molecule is CC1(S(=O)(=O)NC(=O)[C@@]23C[C@@H]2/C=C\CCCCC[C@H](Nc2ccccc2F)C(=O)N2C[C@H](OC(=O)N4Cc5cccc(F)c5C4)C[C@H]2C(=O)N3)CC1. The first-order valence-electron chi connectivity index (χ1n) is 17.9. The molecule has 12 nitrogen and oxygen atoms in total. The predicted molar refractivity (Wildman–Crippen MR) is 186 cm³/mol. The third kappa shape index (κ3) is 6.98. The van der Waals surface area contributed by atoms with E-state index in [9.17, 15) is 36.4 Å². The number of carbonyl (C=O) groups is 4. The average Bonchev–Trinajstić information content (AvgIpc) is 3.90. The number of amides is 4. The minimum Gasteiger partial charge on any atom is -0.444 e. The Hall–Kier alpha value is -4.53. The molecule has 0 radical (unpaired) electrons. The molecule has 2 aromatic rings. The van der Waals surface area contributed by atoms with Gasteiger partial charge in [-0.15, -0.1) is 0 Å². The Bertz CT molecular complexity index is 1920. The van der Waals surface area contributed by atoms with Crippen molar-refractivity contribution in [3.63, 3.8) is 0 Å². The van der Waals surface area contributed by atoms with Gasteiger partial charge in [-0.25, -0.2) is 22.0 Å². The quantitative estimate of drug-likeness (QED) is 0.372. The standard InChI is InChI=1S/C37H43F2N5O7S/c1-36(16-17-36)52(49,50)42-34(47)37-19-24(37)11-5-3-2-4-6-15-30(40-29-14-8-7-12-28(29)39)33(46)44-21-25(18-31(44)32(45)41-37)51-35(48)43-20-23-10-9-13-27(38)26(23)22-43/h5,7-14,24-25,30-31,40H,2-4,6,15-22H2,1H3,(H,41,45)(H,42,47)/b11-5-/t24-,25+,30-,31-,37+/m0/s1. The second kappa shape index (κ2) is 13.8. The first kappa shape index (κ1) is 35.9. The molecule has 3 aliphatic heterocycles. The highest BCUT2D eigenvalue weighted by atomic mass is 32.2. The number of ether oxygens (including phenoxy) is 1. The highest BCUT2D eigenvalue weighted by Gasteiger charge is 2.63. The van der Waals surface area contributed by atoms with E-state index in [1.807, 2.05) is 12.2 Å². The number of sulfonamides is 1. The zero-order chi connectivity index (χ0) is 36.8. The smallest absolute Gasteiger partial charge is 0.410 e. The molecular weight excluding hydrogens is 696 g/mol. The first-order valence-corrected chi connectivity index (χ1v) is 19.4. The third-order valence-electron chi connectivity index (χ3n) is 11.1. The van der Waals surface area contributed by atoms with E-state index in [-0.39, 0.29) is 38.2 Å². The van der Waals surface area contributed by atoms with Gasteiger partial charge in [-0.3, -0.25) is 24.0 Å². The Morgan fingerprint density at radius 2 is 1.77 bits per heavy atom. The number of rotatable bonds is 6. The zero-order valence-electron chi connectivity index (χ0n) is 28.9. The maximum Gasteiger partial charge on any atom is 0.410 e. The van der Waals surface area contributed by atoms with Crippen LogP contribution in [0, 0.1) is 17.6 Å². The van der Waals surface area contributed by atoms with E-state index in [0.29, 0.717) is 43.2 Å². The molecule has 5 atom stereocenters. The van der Waals surface area contributed by atoms with Gasteiger partial charge in [0.15, 0.2) is 0 Å². The van der Waals surface area contributed by atoms with Crippen LogP contribution in [0.4, 0.5) is 19.3 Å². The fourth-order valence-corrected chi connectivity index (χ4v) is 8.75. The number of nitrogens with zero attached hydrogens (tertiary/aromatic N) is 2. The van der Waals surface area contributed by atoms with Gasteiger partial charge in [-0.2, -0.15) is 0 Å². The van der Waals surface area contributed by atoms with Crippen molar-refractivity contribution < 1.29 is 41.1 Å². The lowest BCUT2D eigenvalue weighted by molar-refractivity contribution is -0.140. The maximum absolute atomic E-state index is 14.8. The number of hydrogen-bond acceptors (Lipinski definition) is 8. The lowest BCUT2D eigenvalue weighted by Crippen LogP contribution is -2.58. The summed E-state index contributed by atoms with van der Waals surface area (Å²) >= 11 is 0. The summed E-state index contributed by atoms with van der Waals surface area (Å²) in [5, 5.41) is 5.84. The highest BCUT2D eigenvalue weighted by molar-refractivity contribution is 7.91. The molecule has 5 aliphatic rings. The molecule has 3 heterocycles. The summed E-state index contributed by atoms with van der Waals surface area (Å²) in [7, 11) is -4.01. The van der Waals surface area contributed by atoms with E-state index >= 15 is 0 Å². The van der Waals surface area contributed by atoms with Crippen molar-refractivity contribution in [3.8, 4) is 0 Å². The minimum absolute atomic E-state index is 0.00322. The van der Waals surface area contributed by atoms with Gasteiger partial charge in [0.2, 0.25) is 21.8 Å². The van der Waals surface area contributed by atoms with Gasteiger partial charge < -0.3 is 20.3 Å². The third-order valence-corrected chi connectivity index (χ3v) is 13.3. The second-order valence-electron chi connectivity index (χ2n) is 14.9. The summed E-state index contributed by atoms with van der Waals surface area (Å²) in [5.74, 6) is -3.52. The van der Waals surface area contributed by atoms with Crippen LogP contribution in [0.25, 0.3) is 0 Å². The molecule has 0 spiro atoms. The molecule has 2 saturated carbocycles. The summed E-state index contributed by atoms with van der Waals surface area (Å²) in [6.07, 6.45) is 6.09. The summed E-state index contributed by atoms with van der Waals surface area (Å²) in [6, 6.07) is 8.44. The van der Waals surface area contributed by atoms with Crippen LogP contribution in [-0.2, 0) is 42.2 Å². The monoisotopic (exact) mass is 739 g/mol. The maximum atomic E-state index is 14.8. The number of fused-ring (bicyclic) bond motifs is 3. The van der Waals surface area contributed by atoms with Gasteiger partial charge >= 0.3 is 6.09 Å². The molecule has 4 amide bonds. The summed E-state index contributed by atoms with van der Waals surface area (Å²) < 4.78 is 62.4. The molecular formula is C37H43F2N5O7S. The number of allylic oxidation sites excluding steroid dienone is 1. The van der Waals surface area contributed by atoms with Crippen LogP contribution in [0.3, 0.4) is 0 Å². The topological polar surface area (TPSA) is 154 Å². The Morgan fingerprint density at radius 1 is 1.00 bits per heavy atom. The van der Waals surface area contributed by atoms with Crippen molar-refractivity contribution in [2.75, 3.05) is 11.9 Å². The number of hydrogen-bond donors (Lipinski definition) is 3. The Balaban J connectivity index is 1.16. The fraction of sp³-hybridized carbons (Fsp3) is 0.514. The summed E-state index contributed by atoms with van der Waals surface area (Å²) in [4.78, 5) is 58.4. The van der Waals surface area contributed by atoms with E-state index in [0.717, 1.165) is 12.8 Å². The molecule has 2 aliphatic carbocycles. The van der Waals surface area contributed by atoms with E-state index in [2.05, 4.69) is 15.4 Å². The van der Waals surface area contributed by atoms with Crippen LogP contribution in [0.1, 0.15) is 75.8 Å².